The van der Waals surface area contributed by atoms with Gasteiger partial charge in [0.05, 0.1) is 5.92 Å². The Morgan fingerprint density at radius 1 is 1.21 bits per heavy atom. The third-order valence-electron chi connectivity index (χ3n) is 4.92. The second kappa shape index (κ2) is 7.75. The van der Waals surface area contributed by atoms with Crippen molar-refractivity contribution in [2.45, 2.75) is 19.8 Å². The van der Waals surface area contributed by atoms with Crippen LogP contribution in [0.25, 0.3) is 5.82 Å². The van der Waals surface area contributed by atoms with E-state index in [0.29, 0.717) is 18.1 Å². The van der Waals surface area contributed by atoms with Crippen LogP contribution in [0.2, 0.25) is 0 Å². The molecule has 1 saturated heterocycles. The molecule has 0 radical (unpaired) electrons. The van der Waals surface area contributed by atoms with Crippen molar-refractivity contribution in [3.63, 3.8) is 0 Å². The topological polar surface area (TPSA) is 75.9 Å². The van der Waals surface area contributed by atoms with Gasteiger partial charge in [-0.15, -0.1) is 10.2 Å². The maximum atomic E-state index is 13.3. The number of nitrogens with one attached hydrogen (secondary N) is 1. The van der Waals surface area contributed by atoms with E-state index in [0.717, 1.165) is 31.0 Å². The van der Waals surface area contributed by atoms with Gasteiger partial charge >= 0.3 is 0 Å². The predicted molar refractivity (Wildman–Crippen MR) is 104 cm³/mol. The first-order valence-corrected chi connectivity index (χ1v) is 9.25. The second-order valence-corrected chi connectivity index (χ2v) is 6.88. The molecule has 1 fully saturated rings. The number of amides is 1. The van der Waals surface area contributed by atoms with Crippen LogP contribution in [0.1, 0.15) is 18.7 Å². The average molecular weight is 380 g/mol. The number of imidazole rings is 1. The van der Waals surface area contributed by atoms with Gasteiger partial charge in [-0.2, -0.15) is 0 Å². The number of aryl methyl sites for hydroxylation is 1. The normalized spacial score (nSPS) is 16.8. The van der Waals surface area contributed by atoms with Crippen LogP contribution in [-0.4, -0.2) is 38.7 Å². The Hall–Kier alpha value is -3.29. The zero-order chi connectivity index (χ0) is 19.5. The molecule has 7 nitrogen and oxygen atoms in total. The molecule has 1 amide bonds. The van der Waals surface area contributed by atoms with Crippen molar-refractivity contribution in [2.24, 2.45) is 5.92 Å². The largest absolute Gasteiger partial charge is 0.354 e. The molecule has 0 bridgehead atoms. The number of halogens is 1. The number of rotatable bonds is 4. The standard InChI is InChI=1S/C20H21FN6O/c1-14-22-9-11-27(14)19-8-7-18(24-25-19)26-10-3-4-15(13-26)20(28)23-17-6-2-5-16(21)12-17/h2,5-9,11-12,15H,3-4,10,13H2,1H3,(H,23,28). The highest BCUT2D eigenvalue weighted by Gasteiger charge is 2.27. The summed E-state index contributed by atoms with van der Waals surface area (Å²) >= 11 is 0. The van der Waals surface area contributed by atoms with E-state index >= 15 is 0 Å². The molecule has 1 aliphatic heterocycles. The number of nitrogens with zero attached hydrogens (tertiary/aromatic N) is 5. The van der Waals surface area contributed by atoms with Crippen LogP contribution in [0.3, 0.4) is 0 Å². The van der Waals surface area contributed by atoms with Crippen LogP contribution in [0.5, 0.6) is 0 Å². The van der Waals surface area contributed by atoms with Crippen molar-refractivity contribution in [2.75, 3.05) is 23.3 Å². The summed E-state index contributed by atoms with van der Waals surface area (Å²) in [4.78, 5) is 18.9. The molecule has 1 aliphatic rings. The Balaban J connectivity index is 1.43. The number of anilines is 2. The van der Waals surface area contributed by atoms with Crippen LogP contribution in [-0.2, 0) is 4.79 Å². The molecule has 28 heavy (non-hydrogen) atoms. The molecule has 0 aliphatic carbocycles. The maximum Gasteiger partial charge on any atom is 0.229 e. The van der Waals surface area contributed by atoms with Crippen molar-refractivity contribution in [1.29, 1.82) is 0 Å². The van der Waals surface area contributed by atoms with Gasteiger partial charge in [-0.05, 0) is 50.1 Å². The first-order valence-electron chi connectivity index (χ1n) is 9.25. The molecule has 2 aromatic heterocycles. The van der Waals surface area contributed by atoms with E-state index in [1.54, 1.807) is 18.3 Å². The monoisotopic (exact) mass is 380 g/mol. The predicted octanol–water partition coefficient (Wildman–Crippen LogP) is 2.96. The molecule has 0 saturated carbocycles. The van der Waals surface area contributed by atoms with Crippen molar-refractivity contribution >= 4 is 17.4 Å². The minimum atomic E-state index is -0.369. The minimum absolute atomic E-state index is 0.103. The summed E-state index contributed by atoms with van der Waals surface area (Å²) < 4.78 is 15.2. The molecule has 1 N–H and O–H groups in total. The highest BCUT2D eigenvalue weighted by molar-refractivity contribution is 5.93. The summed E-state index contributed by atoms with van der Waals surface area (Å²) in [5.41, 5.74) is 0.474. The molecule has 0 spiro atoms. The van der Waals surface area contributed by atoms with Crippen LogP contribution >= 0.6 is 0 Å². The molecular formula is C20H21FN6O. The van der Waals surface area contributed by atoms with Gasteiger partial charge in [-0.25, -0.2) is 9.37 Å². The maximum absolute atomic E-state index is 13.3. The number of benzene rings is 1. The lowest BCUT2D eigenvalue weighted by atomic mass is 9.97. The van der Waals surface area contributed by atoms with Gasteiger partial charge in [0.2, 0.25) is 5.91 Å². The molecule has 8 heteroatoms. The van der Waals surface area contributed by atoms with Crippen molar-refractivity contribution in [1.82, 2.24) is 19.7 Å². The smallest absolute Gasteiger partial charge is 0.229 e. The summed E-state index contributed by atoms with van der Waals surface area (Å²) in [5, 5.41) is 11.4. The lowest BCUT2D eigenvalue weighted by Crippen LogP contribution is -2.41. The Labute approximate surface area is 162 Å². The number of hydrogen-bond donors (Lipinski definition) is 1. The van der Waals surface area contributed by atoms with E-state index in [1.807, 2.05) is 29.8 Å². The van der Waals surface area contributed by atoms with Crippen molar-refractivity contribution < 1.29 is 9.18 Å². The summed E-state index contributed by atoms with van der Waals surface area (Å²) in [7, 11) is 0. The lowest BCUT2D eigenvalue weighted by molar-refractivity contribution is -0.120. The molecule has 3 aromatic rings. The van der Waals surface area contributed by atoms with Gasteiger partial charge in [-0.1, -0.05) is 6.07 Å². The number of carbonyl (C=O) groups excluding carboxylic acids is 1. The zero-order valence-corrected chi connectivity index (χ0v) is 15.5. The molecule has 144 valence electrons. The highest BCUT2D eigenvalue weighted by Crippen LogP contribution is 2.23. The van der Waals surface area contributed by atoms with Gasteiger partial charge < -0.3 is 10.2 Å². The summed E-state index contributed by atoms with van der Waals surface area (Å²) in [6, 6.07) is 9.75. The number of aromatic nitrogens is 4. The van der Waals surface area contributed by atoms with Crippen LogP contribution in [0.4, 0.5) is 15.9 Å². The molecule has 1 unspecified atom stereocenters. The van der Waals surface area contributed by atoms with Crippen LogP contribution in [0.15, 0.2) is 48.8 Å². The van der Waals surface area contributed by atoms with Gasteiger partial charge in [0.15, 0.2) is 11.6 Å². The van der Waals surface area contributed by atoms with E-state index in [9.17, 15) is 9.18 Å². The SMILES string of the molecule is Cc1nccn1-c1ccc(N2CCCC(C(=O)Nc3cccc(F)c3)C2)nn1. The molecule has 3 heterocycles. The fourth-order valence-electron chi connectivity index (χ4n) is 3.45. The van der Waals surface area contributed by atoms with Gasteiger partial charge in [0.1, 0.15) is 11.6 Å². The van der Waals surface area contributed by atoms with Crippen molar-refractivity contribution in [3.05, 3.63) is 60.4 Å². The quantitative estimate of drug-likeness (QED) is 0.753. The number of carbonyl (C=O) groups is 1. The van der Waals surface area contributed by atoms with Crippen LogP contribution in [0, 0.1) is 18.7 Å². The Kier molecular flexibility index (Phi) is 5.01. The van der Waals surface area contributed by atoms with Gasteiger partial charge in [-0.3, -0.25) is 9.36 Å². The van der Waals surface area contributed by atoms with E-state index in [4.69, 9.17) is 0 Å². The molecule has 1 atom stereocenters. The average Bonchev–Trinajstić information content (AvgIpc) is 3.14. The molecule has 1 aromatic carbocycles. The fraction of sp³-hybridized carbons (Fsp3) is 0.300. The van der Waals surface area contributed by atoms with Crippen molar-refractivity contribution in [3.8, 4) is 5.82 Å². The summed E-state index contributed by atoms with van der Waals surface area (Å²) in [6.07, 6.45) is 5.23. The highest BCUT2D eigenvalue weighted by atomic mass is 19.1. The zero-order valence-electron chi connectivity index (χ0n) is 15.5. The lowest BCUT2D eigenvalue weighted by Gasteiger charge is -2.32. The van der Waals surface area contributed by atoms with Gasteiger partial charge in [0.25, 0.3) is 0 Å². The molecular weight excluding hydrogens is 359 g/mol. The number of piperidine rings is 1. The third kappa shape index (κ3) is 3.85. The van der Waals surface area contributed by atoms with E-state index < -0.39 is 0 Å². The third-order valence-corrected chi connectivity index (χ3v) is 4.92. The summed E-state index contributed by atoms with van der Waals surface area (Å²) in [5.74, 6) is 1.63. The van der Waals surface area contributed by atoms with E-state index in [2.05, 4.69) is 25.4 Å². The Morgan fingerprint density at radius 3 is 2.75 bits per heavy atom. The first kappa shape index (κ1) is 18.1. The Bertz CT molecular complexity index is 971. The fourth-order valence-corrected chi connectivity index (χ4v) is 3.45. The first-order chi connectivity index (χ1) is 13.6. The van der Waals surface area contributed by atoms with Crippen LogP contribution < -0.4 is 10.2 Å². The summed E-state index contributed by atoms with van der Waals surface area (Å²) in [6.45, 7) is 3.28. The number of hydrogen-bond acceptors (Lipinski definition) is 5. The van der Waals surface area contributed by atoms with E-state index in [-0.39, 0.29) is 17.6 Å². The van der Waals surface area contributed by atoms with Gasteiger partial charge in [0, 0.05) is 31.2 Å². The van der Waals surface area contributed by atoms with E-state index in [1.165, 1.54) is 12.1 Å². The Morgan fingerprint density at radius 2 is 2.04 bits per heavy atom. The molecule has 4 rings (SSSR count). The minimum Gasteiger partial charge on any atom is -0.354 e. The second-order valence-electron chi connectivity index (χ2n) is 6.88.